The first-order chi connectivity index (χ1) is 10.8. The second-order valence-electron chi connectivity index (χ2n) is 4.80. The lowest BCUT2D eigenvalue weighted by atomic mass is 10.3. The molecule has 2 amide bonds. The third kappa shape index (κ3) is 4.88. The molecule has 0 saturated heterocycles. The first kappa shape index (κ1) is 17.1. The lowest BCUT2D eigenvalue weighted by Crippen LogP contribution is -2.37. The van der Waals surface area contributed by atoms with Gasteiger partial charge in [-0.15, -0.1) is 11.3 Å². The molecule has 0 spiro atoms. The van der Waals surface area contributed by atoms with Crippen LogP contribution in [0.15, 0.2) is 17.0 Å². The fraction of sp³-hybridized carbons (Fsp3) is 0.385. The highest BCUT2D eigenvalue weighted by Crippen LogP contribution is 2.27. The molecule has 0 unspecified atom stereocenters. The molecule has 124 valence electrons. The van der Waals surface area contributed by atoms with Gasteiger partial charge in [0.1, 0.15) is 11.5 Å². The Morgan fingerprint density at radius 2 is 2.13 bits per heavy atom. The van der Waals surface area contributed by atoms with Crippen LogP contribution in [0.25, 0.3) is 0 Å². The van der Waals surface area contributed by atoms with Gasteiger partial charge in [-0.25, -0.2) is 19.7 Å². The van der Waals surface area contributed by atoms with Crippen LogP contribution >= 0.6 is 11.3 Å². The summed E-state index contributed by atoms with van der Waals surface area (Å²) in [6.07, 6.45) is -4.55. The van der Waals surface area contributed by atoms with Crippen molar-refractivity contribution in [2.24, 2.45) is 0 Å². The number of urea groups is 1. The van der Waals surface area contributed by atoms with Crippen LogP contribution in [-0.2, 0) is 19.3 Å². The van der Waals surface area contributed by atoms with Crippen molar-refractivity contribution < 1.29 is 18.0 Å². The summed E-state index contributed by atoms with van der Waals surface area (Å²) in [7, 11) is 1.56. The molecule has 0 radical (unpaired) electrons. The van der Waals surface area contributed by atoms with Crippen molar-refractivity contribution in [1.29, 1.82) is 0 Å². The number of nitrogens with one attached hydrogen (secondary N) is 1. The minimum absolute atomic E-state index is 0.0901. The van der Waals surface area contributed by atoms with E-state index < -0.39 is 17.9 Å². The molecule has 0 atom stereocenters. The standard InChI is InChI=1S/C13H14F3N5OS/c1-8-3-10(13(14,15)16)20-11(19-8)4-17-12(22)21(2)5-9-6-23-7-18-9/h3,6-7H,4-5H2,1-2H3,(H,17,22). The third-order valence-corrected chi connectivity index (χ3v) is 3.45. The molecule has 0 saturated carbocycles. The molecule has 0 aliphatic carbocycles. The van der Waals surface area contributed by atoms with Crippen molar-refractivity contribution in [3.8, 4) is 0 Å². The van der Waals surface area contributed by atoms with Gasteiger partial charge in [-0.05, 0) is 13.0 Å². The minimum atomic E-state index is -4.55. The zero-order chi connectivity index (χ0) is 17.0. The number of nitrogens with zero attached hydrogens (tertiary/aromatic N) is 4. The average molecular weight is 345 g/mol. The summed E-state index contributed by atoms with van der Waals surface area (Å²) in [5.74, 6) is -0.0901. The molecule has 23 heavy (non-hydrogen) atoms. The highest BCUT2D eigenvalue weighted by molar-refractivity contribution is 7.07. The third-order valence-electron chi connectivity index (χ3n) is 2.82. The second-order valence-corrected chi connectivity index (χ2v) is 5.52. The van der Waals surface area contributed by atoms with Crippen molar-refractivity contribution in [2.45, 2.75) is 26.2 Å². The van der Waals surface area contributed by atoms with Gasteiger partial charge in [-0.3, -0.25) is 0 Å². The van der Waals surface area contributed by atoms with Gasteiger partial charge in [-0.1, -0.05) is 0 Å². The van der Waals surface area contributed by atoms with E-state index in [0.717, 1.165) is 11.8 Å². The molecule has 10 heteroatoms. The van der Waals surface area contributed by atoms with E-state index in [9.17, 15) is 18.0 Å². The van der Waals surface area contributed by atoms with Gasteiger partial charge < -0.3 is 10.2 Å². The molecular formula is C13H14F3N5OS. The predicted molar refractivity (Wildman–Crippen MR) is 77.6 cm³/mol. The molecular weight excluding hydrogens is 331 g/mol. The lowest BCUT2D eigenvalue weighted by Gasteiger charge is -2.16. The maximum Gasteiger partial charge on any atom is 0.433 e. The number of carbonyl (C=O) groups excluding carboxylic acids is 1. The largest absolute Gasteiger partial charge is 0.433 e. The van der Waals surface area contributed by atoms with E-state index in [4.69, 9.17) is 0 Å². The summed E-state index contributed by atoms with van der Waals surface area (Å²) in [6, 6.07) is 0.413. The Kier molecular flexibility index (Phi) is 5.14. The maximum absolute atomic E-state index is 12.7. The molecule has 0 fully saturated rings. The van der Waals surface area contributed by atoms with Gasteiger partial charge in [0.15, 0.2) is 0 Å². The summed E-state index contributed by atoms with van der Waals surface area (Å²) in [5.41, 5.74) is 1.55. The average Bonchev–Trinajstić information content (AvgIpc) is 2.96. The molecule has 1 N–H and O–H groups in total. The highest BCUT2D eigenvalue weighted by atomic mass is 32.1. The van der Waals surface area contributed by atoms with E-state index in [1.54, 1.807) is 12.6 Å². The molecule has 0 bridgehead atoms. The van der Waals surface area contributed by atoms with Crippen LogP contribution in [0.1, 0.15) is 22.9 Å². The number of amides is 2. The number of rotatable bonds is 4. The van der Waals surface area contributed by atoms with E-state index in [0.29, 0.717) is 6.54 Å². The number of hydrogen-bond acceptors (Lipinski definition) is 5. The maximum atomic E-state index is 12.7. The van der Waals surface area contributed by atoms with Crippen LogP contribution in [0.5, 0.6) is 0 Å². The Labute approximate surface area is 134 Å². The van der Waals surface area contributed by atoms with Gasteiger partial charge in [-0.2, -0.15) is 13.2 Å². The van der Waals surface area contributed by atoms with Crippen molar-refractivity contribution in [2.75, 3.05) is 7.05 Å². The first-order valence-corrected chi connectivity index (χ1v) is 7.48. The molecule has 0 aliphatic rings. The van der Waals surface area contributed by atoms with Crippen molar-refractivity contribution >= 4 is 17.4 Å². The number of alkyl halides is 3. The normalized spacial score (nSPS) is 11.3. The van der Waals surface area contributed by atoms with E-state index >= 15 is 0 Å². The smallest absolute Gasteiger partial charge is 0.331 e. The van der Waals surface area contributed by atoms with Crippen LogP contribution in [0.3, 0.4) is 0 Å². The van der Waals surface area contributed by atoms with Crippen LogP contribution in [0.4, 0.5) is 18.0 Å². The van der Waals surface area contributed by atoms with Gasteiger partial charge in [0.2, 0.25) is 0 Å². The van der Waals surface area contributed by atoms with Crippen molar-refractivity contribution in [1.82, 2.24) is 25.2 Å². The Morgan fingerprint density at radius 3 is 2.74 bits per heavy atom. The Morgan fingerprint density at radius 1 is 1.39 bits per heavy atom. The predicted octanol–water partition coefficient (Wildman–Crippen LogP) is 2.60. The Balaban J connectivity index is 1.97. The molecule has 0 aromatic carbocycles. The molecule has 2 rings (SSSR count). The Bertz CT molecular complexity index is 675. The summed E-state index contributed by atoms with van der Waals surface area (Å²) in [6.45, 7) is 1.55. The van der Waals surface area contributed by atoms with Gasteiger partial charge in [0.05, 0.1) is 24.3 Å². The summed E-state index contributed by atoms with van der Waals surface area (Å²) in [4.78, 5) is 24.7. The summed E-state index contributed by atoms with van der Waals surface area (Å²) in [5, 5.41) is 4.30. The summed E-state index contributed by atoms with van der Waals surface area (Å²) >= 11 is 1.41. The van der Waals surface area contributed by atoms with Gasteiger partial charge >= 0.3 is 12.2 Å². The van der Waals surface area contributed by atoms with E-state index in [1.165, 1.54) is 23.2 Å². The van der Waals surface area contributed by atoms with E-state index in [2.05, 4.69) is 20.3 Å². The van der Waals surface area contributed by atoms with Crippen LogP contribution in [0.2, 0.25) is 0 Å². The van der Waals surface area contributed by atoms with Crippen molar-refractivity contribution in [3.63, 3.8) is 0 Å². The fourth-order valence-corrected chi connectivity index (χ4v) is 2.32. The monoisotopic (exact) mass is 345 g/mol. The Hall–Kier alpha value is -2.23. The molecule has 2 aromatic rings. The summed E-state index contributed by atoms with van der Waals surface area (Å²) < 4.78 is 38.1. The molecule has 6 nitrogen and oxygen atoms in total. The van der Waals surface area contributed by atoms with Crippen molar-refractivity contribution in [3.05, 3.63) is 39.9 Å². The first-order valence-electron chi connectivity index (χ1n) is 6.53. The molecule has 2 heterocycles. The number of carbonyl (C=O) groups is 1. The number of hydrogen-bond donors (Lipinski definition) is 1. The second kappa shape index (κ2) is 6.90. The number of aromatic nitrogens is 3. The quantitative estimate of drug-likeness (QED) is 0.925. The van der Waals surface area contributed by atoms with Crippen LogP contribution < -0.4 is 5.32 Å². The minimum Gasteiger partial charge on any atom is -0.331 e. The fourth-order valence-electron chi connectivity index (χ4n) is 1.77. The van der Waals surface area contributed by atoms with Crippen LogP contribution in [-0.4, -0.2) is 32.9 Å². The van der Waals surface area contributed by atoms with Crippen LogP contribution in [0, 0.1) is 6.92 Å². The zero-order valence-electron chi connectivity index (χ0n) is 12.4. The molecule has 0 aliphatic heterocycles. The van der Waals surface area contributed by atoms with E-state index in [1.807, 2.05) is 5.38 Å². The SMILES string of the molecule is Cc1cc(C(F)(F)F)nc(CNC(=O)N(C)Cc2cscn2)n1. The number of halogens is 3. The number of thiazole rings is 1. The van der Waals surface area contributed by atoms with E-state index in [-0.39, 0.29) is 18.1 Å². The van der Waals surface area contributed by atoms with Gasteiger partial charge in [0.25, 0.3) is 0 Å². The zero-order valence-corrected chi connectivity index (χ0v) is 13.2. The molecule has 2 aromatic heterocycles. The number of aryl methyl sites for hydroxylation is 1. The highest BCUT2D eigenvalue weighted by Gasteiger charge is 2.33. The lowest BCUT2D eigenvalue weighted by molar-refractivity contribution is -0.141. The topological polar surface area (TPSA) is 71.0 Å². The van der Waals surface area contributed by atoms with Gasteiger partial charge in [0, 0.05) is 18.1 Å².